The third-order valence-corrected chi connectivity index (χ3v) is 4.32. The lowest BCUT2D eigenvalue weighted by Crippen LogP contribution is -2.41. The van der Waals surface area contributed by atoms with Crippen molar-refractivity contribution in [3.63, 3.8) is 0 Å². The zero-order chi connectivity index (χ0) is 16.4. The van der Waals surface area contributed by atoms with Crippen LogP contribution < -0.4 is 10.6 Å². The molecule has 1 aliphatic heterocycles. The number of hydrogen-bond acceptors (Lipinski definition) is 3. The SMILES string of the molecule is Cc1c(C(C)NC(=O)C2CCCN2)cnn1-c1ccc(F)cc1.Cl. The first-order valence-electron chi connectivity index (χ1n) is 7.90. The van der Waals surface area contributed by atoms with Crippen molar-refractivity contribution < 1.29 is 9.18 Å². The smallest absolute Gasteiger partial charge is 0.237 e. The van der Waals surface area contributed by atoms with E-state index in [1.165, 1.54) is 12.1 Å². The lowest BCUT2D eigenvalue weighted by Gasteiger charge is -2.17. The average Bonchev–Trinajstić information content (AvgIpc) is 3.18. The molecule has 24 heavy (non-hydrogen) atoms. The number of nitrogens with one attached hydrogen (secondary N) is 2. The van der Waals surface area contributed by atoms with Crippen LogP contribution in [0.2, 0.25) is 0 Å². The molecular formula is C17H22ClFN4O. The van der Waals surface area contributed by atoms with Gasteiger partial charge in [-0.25, -0.2) is 9.07 Å². The monoisotopic (exact) mass is 352 g/mol. The fourth-order valence-corrected chi connectivity index (χ4v) is 2.99. The summed E-state index contributed by atoms with van der Waals surface area (Å²) in [6.45, 7) is 4.79. The molecule has 2 atom stereocenters. The van der Waals surface area contributed by atoms with Gasteiger partial charge in [-0.1, -0.05) is 0 Å². The van der Waals surface area contributed by atoms with Gasteiger partial charge in [0.2, 0.25) is 5.91 Å². The second kappa shape index (κ2) is 7.77. The number of hydrogen-bond donors (Lipinski definition) is 2. The van der Waals surface area contributed by atoms with Crippen LogP contribution in [0.3, 0.4) is 0 Å². The Labute approximate surface area is 147 Å². The molecule has 7 heteroatoms. The van der Waals surface area contributed by atoms with E-state index < -0.39 is 0 Å². The molecule has 2 unspecified atom stereocenters. The Morgan fingerprint density at radius 1 is 1.42 bits per heavy atom. The number of aromatic nitrogens is 2. The van der Waals surface area contributed by atoms with Crippen molar-refractivity contribution in [1.29, 1.82) is 0 Å². The van der Waals surface area contributed by atoms with Gasteiger partial charge in [-0.3, -0.25) is 4.79 Å². The number of amides is 1. The quantitative estimate of drug-likeness (QED) is 0.889. The van der Waals surface area contributed by atoms with Crippen LogP contribution >= 0.6 is 12.4 Å². The highest BCUT2D eigenvalue weighted by Gasteiger charge is 2.24. The van der Waals surface area contributed by atoms with E-state index in [4.69, 9.17) is 0 Å². The Kier molecular flexibility index (Phi) is 5.96. The van der Waals surface area contributed by atoms with Crippen LogP contribution in [-0.2, 0) is 4.79 Å². The van der Waals surface area contributed by atoms with Crippen LogP contribution in [0.25, 0.3) is 5.69 Å². The van der Waals surface area contributed by atoms with E-state index in [0.717, 1.165) is 36.3 Å². The topological polar surface area (TPSA) is 59.0 Å². The molecule has 3 rings (SSSR count). The van der Waals surface area contributed by atoms with Crippen molar-refractivity contribution in [2.24, 2.45) is 0 Å². The van der Waals surface area contributed by atoms with Crippen LogP contribution in [0.1, 0.15) is 37.1 Å². The predicted molar refractivity (Wildman–Crippen MR) is 93.1 cm³/mol. The highest BCUT2D eigenvalue weighted by atomic mass is 35.5. The summed E-state index contributed by atoms with van der Waals surface area (Å²) in [7, 11) is 0. The van der Waals surface area contributed by atoms with E-state index in [9.17, 15) is 9.18 Å². The van der Waals surface area contributed by atoms with E-state index in [2.05, 4.69) is 15.7 Å². The zero-order valence-corrected chi connectivity index (χ0v) is 14.6. The second-order valence-electron chi connectivity index (χ2n) is 5.95. The summed E-state index contributed by atoms with van der Waals surface area (Å²) in [5, 5.41) is 10.6. The number of halogens is 2. The maximum Gasteiger partial charge on any atom is 0.237 e. The van der Waals surface area contributed by atoms with Crippen LogP contribution in [-0.4, -0.2) is 28.3 Å². The number of carbonyl (C=O) groups excluding carboxylic acids is 1. The van der Waals surface area contributed by atoms with Gasteiger partial charge in [-0.15, -0.1) is 12.4 Å². The van der Waals surface area contributed by atoms with Crippen molar-refractivity contribution >= 4 is 18.3 Å². The Balaban J connectivity index is 0.00000208. The molecule has 0 aliphatic carbocycles. The molecule has 1 aromatic heterocycles. The molecule has 0 bridgehead atoms. The molecule has 0 spiro atoms. The van der Waals surface area contributed by atoms with Crippen molar-refractivity contribution in [2.75, 3.05) is 6.54 Å². The number of nitrogens with zero attached hydrogens (tertiary/aromatic N) is 2. The van der Waals surface area contributed by atoms with Gasteiger partial charge in [0.1, 0.15) is 5.82 Å². The summed E-state index contributed by atoms with van der Waals surface area (Å²) >= 11 is 0. The van der Waals surface area contributed by atoms with Crippen LogP contribution in [0, 0.1) is 12.7 Å². The average molecular weight is 353 g/mol. The van der Waals surface area contributed by atoms with Crippen molar-refractivity contribution in [3.05, 3.63) is 47.5 Å². The Hall–Kier alpha value is -1.92. The molecule has 1 aromatic carbocycles. The van der Waals surface area contributed by atoms with Gasteiger partial charge >= 0.3 is 0 Å². The number of rotatable bonds is 4. The summed E-state index contributed by atoms with van der Waals surface area (Å²) in [6.07, 6.45) is 3.67. The molecular weight excluding hydrogens is 331 g/mol. The third kappa shape index (κ3) is 3.76. The molecule has 2 heterocycles. The Morgan fingerprint density at radius 2 is 2.12 bits per heavy atom. The third-order valence-electron chi connectivity index (χ3n) is 4.32. The van der Waals surface area contributed by atoms with Gasteiger partial charge in [-0.2, -0.15) is 5.10 Å². The highest BCUT2D eigenvalue weighted by molar-refractivity contribution is 5.85. The van der Waals surface area contributed by atoms with Gasteiger partial charge in [0.05, 0.1) is 24.0 Å². The molecule has 2 N–H and O–H groups in total. The molecule has 0 radical (unpaired) electrons. The van der Waals surface area contributed by atoms with Gasteiger partial charge < -0.3 is 10.6 Å². The predicted octanol–water partition coefficient (Wildman–Crippen LogP) is 2.67. The molecule has 1 fully saturated rings. The molecule has 1 saturated heterocycles. The first kappa shape index (κ1) is 18.4. The normalized spacial score (nSPS) is 18.0. The van der Waals surface area contributed by atoms with E-state index in [0.29, 0.717) is 0 Å². The molecule has 0 saturated carbocycles. The lowest BCUT2D eigenvalue weighted by molar-refractivity contribution is -0.123. The molecule has 2 aromatic rings. The van der Waals surface area contributed by atoms with Crippen LogP contribution in [0.15, 0.2) is 30.5 Å². The summed E-state index contributed by atoms with van der Waals surface area (Å²) < 4.78 is 14.8. The lowest BCUT2D eigenvalue weighted by atomic mass is 10.1. The minimum absolute atomic E-state index is 0. The minimum Gasteiger partial charge on any atom is -0.348 e. The largest absolute Gasteiger partial charge is 0.348 e. The first-order chi connectivity index (χ1) is 11.1. The standard InChI is InChI=1S/C17H21FN4O.ClH/c1-11(21-17(23)16-4-3-9-19-16)15-10-20-22(12(15)2)14-7-5-13(18)6-8-14;/h5-8,10-11,16,19H,3-4,9H2,1-2H3,(H,21,23);1H. The van der Waals surface area contributed by atoms with E-state index >= 15 is 0 Å². The number of carbonyl (C=O) groups is 1. The van der Waals surface area contributed by atoms with Crippen molar-refractivity contribution in [1.82, 2.24) is 20.4 Å². The molecule has 130 valence electrons. The maximum atomic E-state index is 13.0. The van der Waals surface area contributed by atoms with Gasteiger partial charge in [-0.05, 0) is 57.5 Å². The number of benzene rings is 1. The Morgan fingerprint density at radius 3 is 2.75 bits per heavy atom. The van der Waals surface area contributed by atoms with E-state index in [-0.39, 0.29) is 36.2 Å². The second-order valence-corrected chi connectivity index (χ2v) is 5.95. The van der Waals surface area contributed by atoms with Gasteiger partial charge in [0, 0.05) is 11.3 Å². The summed E-state index contributed by atoms with van der Waals surface area (Å²) in [5.41, 5.74) is 2.69. The van der Waals surface area contributed by atoms with E-state index in [1.54, 1.807) is 23.0 Å². The van der Waals surface area contributed by atoms with Gasteiger partial charge in [0.15, 0.2) is 0 Å². The Bertz CT molecular complexity index is 695. The minimum atomic E-state index is -0.275. The van der Waals surface area contributed by atoms with Crippen molar-refractivity contribution in [2.45, 2.75) is 38.8 Å². The highest BCUT2D eigenvalue weighted by Crippen LogP contribution is 2.21. The molecule has 1 amide bonds. The van der Waals surface area contributed by atoms with Crippen LogP contribution in [0.5, 0.6) is 0 Å². The fourth-order valence-electron chi connectivity index (χ4n) is 2.99. The maximum absolute atomic E-state index is 13.0. The van der Waals surface area contributed by atoms with Crippen LogP contribution in [0.4, 0.5) is 4.39 Å². The zero-order valence-electron chi connectivity index (χ0n) is 13.8. The summed E-state index contributed by atoms with van der Waals surface area (Å²) in [5.74, 6) is -0.243. The van der Waals surface area contributed by atoms with Gasteiger partial charge in [0.25, 0.3) is 0 Å². The fraction of sp³-hybridized carbons (Fsp3) is 0.412. The summed E-state index contributed by atoms with van der Waals surface area (Å²) in [4.78, 5) is 12.2. The first-order valence-corrected chi connectivity index (χ1v) is 7.90. The van der Waals surface area contributed by atoms with Crippen molar-refractivity contribution in [3.8, 4) is 5.69 Å². The summed E-state index contributed by atoms with van der Waals surface area (Å²) in [6, 6.07) is 5.97. The van der Waals surface area contributed by atoms with E-state index in [1.807, 2.05) is 13.8 Å². The molecule has 1 aliphatic rings. The molecule has 5 nitrogen and oxygen atoms in total.